The van der Waals surface area contributed by atoms with Crippen LogP contribution in [0.1, 0.15) is 19.3 Å². The molecule has 1 N–H and O–H groups in total. The third-order valence-electron chi connectivity index (χ3n) is 2.78. The Morgan fingerprint density at radius 2 is 2.08 bits per heavy atom. The van der Waals surface area contributed by atoms with Crippen LogP contribution in [0.5, 0.6) is 0 Å². The molecule has 0 bridgehead atoms. The van der Waals surface area contributed by atoms with Gasteiger partial charge in [0.2, 0.25) is 0 Å². The summed E-state index contributed by atoms with van der Waals surface area (Å²) in [6, 6.07) is 0. The lowest BCUT2D eigenvalue weighted by Crippen LogP contribution is -2.34. The predicted octanol–water partition coefficient (Wildman–Crippen LogP) is 0.563. The quantitative estimate of drug-likeness (QED) is 0.628. The summed E-state index contributed by atoms with van der Waals surface area (Å²) in [6.45, 7) is 2.39. The minimum atomic E-state index is -0.149. The van der Waals surface area contributed by atoms with Crippen LogP contribution < -0.4 is 0 Å². The summed E-state index contributed by atoms with van der Waals surface area (Å²) >= 11 is 0. The van der Waals surface area contributed by atoms with Gasteiger partial charge in [0.25, 0.3) is 0 Å². The molecule has 0 amide bonds. The molecule has 2 saturated heterocycles. The molecule has 0 aromatic heterocycles. The van der Waals surface area contributed by atoms with Crippen molar-refractivity contribution in [2.75, 3.05) is 19.8 Å². The van der Waals surface area contributed by atoms with E-state index in [1.807, 2.05) is 0 Å². The summed E-state index contributed by atoms with van der Waals surface area (Å²) in [4.78, 5) is 0. The Morgan fingerprint density at radius 1 is 1.17 bits per heavy atom. The third kappa shape index (κ3) is 1.79. The van der Waals surface area contributed by atoms with Crippen molar-refractivity contribution < 1.29 is 14.6 Å². The first-order valence-electron chi connectivity index (χ1n) is 4.73. The van der Waals surface area contributed by atoms with Crippen LogP contribution in [-0.4, -0.2) is 37.1 Å². The third-order valence-corrected chi connectivity index (χ3v) is 2.78. The summed E-state index contributed by atoms with van der Waals surface area (Å²) in [5.41, 5.74) is 0. The molecule has 0 saturated carbocycles. The smallest absolute Gasteiger partial charge is 0.0650 e. The van der Waals surface area contributed by atoms with Crippen molar-refractivity contribution in [3.8, 4) is 0 Å². The van der Waals surface area contributed by atoms with Gasteiger partial charge in [-0.3, -0.25) is 0 Å². The molecule has 0 aliphatic carbocycles. The van der Waals surface area contributed by atoms with E-state index in [9.17, 15) is 5.11 Å². The van der Waals surface area contributed by atoms with E-state index in [-0.39, 0.29) is 12.2 Å². The summed E-state index contributed by atoms with van der Waals surface area (Å²) in [6.07, 6.45) is 2.79. The van der Waals surface area contributed by atoms with E-state index in [1.54, 1.807) is 0 Å². The van der Waals surface area contributed by atoms with Crippen LogP contribution in [-0.2, 0) is 9.47 Å². The highest BCUT2D eigenvalue weighted by molar-refractivity contribution is 4.79. The van der Waals surface area contributed by atoms with Gasteiger partial charge < -0.3 is 14.6 Å². The van der Waals surface area contributed by atoms with Crippen LogP contribution >= 0.6 is 0 Å². The summed E-state index contributed by atoms with van der Waals surface area (Å²) < 4.78 is 10.9. The number of rotatable bonds is 1. The lowest BCUT2D eigenvalue weighted by molar-refractivity contribution is -0.0696. The van der Waals surface area contributed by atoms with Crippen molar-refractivity contribution in [2.24, 2.45) is 5.92 Å². The average molecular weight is 172 g/mol. The molecule has 3 atom stereocenters. The largest absolute Gasteiger partial charge is 0.393 e. The number of hydrogen-bond donors (Lipinski definition) is 1. The van der Waals surface area contributed by atoms with E-state index < -0.39 is 0 Å². The Balaban J connectivity index is 1.85. The van der Waals surface area contributed by atoms with Gasteiger partial charge in [-0.15, -0.1) is 0 Å². The predicted molar refractivity (Wildman–Crippen MR) is 43.9 cm³/mol. The minimum Gasteiger partial charge on any atom is -0.393 e. The molecule has 0 spiro atoms. The van der Waals surface area contributed by atoms with Crippen LogP contribution in [0.4, 0.5) is 0 Å². The van der Waals surface area contributed by atoms with Gasteiger partial charge in [0, 0.05) is 19.1 Å². The number of ether oxygens (including phenoxy) is 2. The monoisotopic (exact) mass is 172 g/mol. The maximum Gasteiger partial charge on any atom is 0.0650 e. The molecule has 0 aromatic carbocycles. The zero-order valence-electron chi connectivity index (χ0n) is 7.24. The van der Waals surface area contributed by atoms with Crippen molar-refractivity contribution in [3.63, 3.8) is 0 Å². The van der Waals surface area contributed by atoms with E-state index in [0.29, 0.717) is 12.5 Å². The molecule has 2 heterocycles. The normalized spacial score (nSPS) is 43.2. The lowest BCUT2D eigenvalue weighted by atomic mass is 9.94. The molecule has 2 rings (SSSR count). The van der Waals surface area contributed by atoms with Crippen molar-refractivity contribution >= 4 is 0 Å². The number of aliphatic hydroxyl groups is 1. The highest BCUT2D eigenvalue weighted by atomic mass is 16.5. The summed E-state index contributed by atoms with van der Waals surface area (Å²) in [7, 11) is 0. The van der Waals surface area contributed by atoms with Crippen LogP contribution in [0.2, 0.25) is 0 Å². The zero-order valence-corrected chi connectivity index (χ0v) is 7.24. The Labute approximate surface area is 72.7 Å². The van der Waals surface area contributed by atoms with Crippen LogP contribution in [0.3, 0.4) is 0 Å². The molecular formula is C9H16O3. The molecule has 2 aliphatic heterocycles. The van der Waals surface area contributed by atoms with E-state index in [1.165, 1.54) is 0 Å². The molecule has 3 nitrogen and oxygen atoms in total. The molecular weight excluding hydrogens is 156 g/mol. The lowest BCUT2D eigenvalue weighted by Gasteiger charge is -2.29. The molecule has 2 fully saturated rings. The van der Waals surface area contributed by atoms with Gasteiger partial charge in [0.1, 0.15) is 0 Å². The Morgan fingerprint density at radius 3 is 2.75 bits per heavy atom. The summed E-state index contributed by atoms with van der Waals surface area (Å²) in [5.74, 6) is 0.528. The fourth-order valence-corrected chi connectivity index (χ4v) is 1.98. The van der Waals surface area contributed by atoms with Crippen LogP contribution in [0.25, 0.3) is 0 Å². The molecule has 70 valence electrons. The van der Waals surface area contributed by atoms with Crippen molar-refractivity contribution in [1.29, 1.82) is 0 Å². The second-order valence-corrected chi connectivity index (χ2v) is 3.71. The molecule has 12 heavy (non-hydrogen) atoms. The molecule has 0 aromatic rings. The molecule has 0 unspecified atom stereocenters. The first-order chi connectivity index (χ1) is 5.86. The molecule has 3 heteroatoms. The van der Waals surface area contributed by atoms with Gasteiger partial charge in [-0.1, -0.05) is 0 Å². The van der Waals surface area contributed by atoms with Crippen molar-refractivity contribution in [2.45, 2.75) is 31.5 Å². The van der Waals surface area contributed by atoms with Gasteiger partial charge in [-0.25, -0.2) is 0 Å². The maximum absolute atomic E-state index is 9.42. The van der Waals surface area contributed by atoms with Gasteiger partial charge in [-0.2, -0.15) is 0 Å². The van der Waals surface area contributed by atoms with Gasteiger partial charge in [0.15, 0.2) is 0 Å². The first-order valence-corrected chi connectivity index (χ1v) is 4.73. The number of hydrogen-bond acceptors (Lipinski definition) is 3. The molecule has 0 radical (unpaired) electrons. The molecule has 2 aliphatic rings. The summed E-state index contributed by atoms with van der Waals surface area (Å²) in [5, 5.41) is 9.42. The Kier molecular flexibility index (Phi) is 2.63. The first kappa shape index (κ1) is 8.48. The Bertz CT molecular complexity index is 143. The highest BCUT2D eigenvalue weighted by Crippen LogP contribution is 2.26. The van der Waals surface area contributed by atoms with Crippen LogP contribution in [0.15, 0.2) is 0 Å². The van der Waals surface area contributed by atoms with Gasteiger partial charge in [0.05, 0.1) is 18.8 Å². The fourth-order valence-electron chi connectivity index (χ4n) is 1.98. The van der Waals surface area contributed by atoms with E-state index >= 15 is 0 Å². The number of aliphatic hydroxyl groups excluding tert-OH is 1. The van der Waals surface area contributed by atoms with Gasteiger partial charge >= 0.3 is 0 Å². The SMILES string of the molecule is O[C@H]1CCO[C@H]([C@@H]2CCOC2)C1. The highest BCUT2D eigenvalue weighted by Gasteiger charge is 2.30. The zero-order chi connectivity index (χ0) is 8.39. The van der Waals surface area contributed by atoms with E-state index in [4.69, 9.17) is 9.47 Å². The van der Waals surface area contributed by atoms with Crippen LogP contribution in [0, 0.1) is 5.92 Å². The Hall–Kier alpha value is -0.120. The minimum absolute atomic E-state index is 0.149. The van der Waals surface area contributed by atoms with Crippen molar-refractivity contribution in [3.05, 3.63) is 0 Å². The second-order valence-electron chi connectivity index (χ2n) is 3.71. The van der Waals surface area contributed by atoms with Gasteiger partial charge in [-0.05, 0) is 19.3 Å². The van der Waals surface area contributed by atoms with E-state index in [2.05, 4.69) is 0 Å². The van der Waals surface area contributed by atoms with Crippen molar-refractivity contribution in [1.82, 2.24) is 0 Å². The average Bonchev–Trinajstić information content (AvgIpc) is 2.56. The second kappa shape index (κ2) is 3.73. The maximum atomic E-state index is 9.42. The topological polar surface area (TPSA) is 38.7 Å². The standard InChI is InChI=1S/C9H16O3/c10-8-2-4-12-9(5-8)7-1-3-11-6-7/h7-10H,1-6H2/t7-,8+,9+/m1/s1. The fraction of sp³-hybridized carbons (Fsp3) is 1.00. The van der Waals surface area contributed by atoms with E-state index in [0.717, 1.165) is 32.5 Å².